The second-order valence-electron chi connectivity index (χ2n) is 12.9. The van der Waals surface area contributed by atoms with Gasteiger partial charge in [0.25, 0.3) is 0 Å². The zero-order chi connectivity index (χ0) is 43.5. The summed E-state index contributed by atoms with van der Waals surface area (Å²) in [6.07, 6.45) is 2.98. The van der Waals surface area contributed by atoms with Gasteiger partial charge in [-0.1, -0.05) is 83.0 Å². The highest BCUT2D eigenvalue weighted by molar-refractivity contribution is 9.11. The molecule has 19 heteroatoms. The highest BCUT2D eigenvalue weighted by Crippen LogP contribution is 2.36. The van der Waals surface area contributed by atoms with E-state index in [1.807, 2.05) is 27.7 Å². The maximum Gasteiger partial charge on any atom is 0.163 e. The molecule has 4 N–H and O–H groups in total. The molecule has 2 saturated heterocycles. The van der Waals surface area contributed by atoms with Crippen LogP contribution in [0, 0.1) is 0 Å². The summed E-state index contributed by atoms with van der Waals surface area (Å²) in [5.41, 5.74) is 0. The van der Waals surface area contributed by atoms with E-state index >= 15 is 0 Å². The van der Waals surface area contributed by atoms with Crippen molar-refractivity contribution in [2.45, 2.75) is 90.2 Å². The molecule has 2 heterocycles. The van der Waals surface area contributed by atoms with E-state index in [0.29, 0.717) is 71.3 Å². The molecule has 2 aliphatic rings. The molecular formula is C38H49Br3Cl6O10. The highest BCUT2D eigenvalue weighted by atomic mass is 79.9. The maximum absolute atomic E-state index is 9.11. The lowest BCUT2D eigenvalue weighted by atomic mass is 10.2. The van der Waals surface area contributed by atoms with E-state index in [2.05, 4.69) is 54.7 Å². The Bertz CT molecular complexity index is 1610. The minimum Gasteiger partial charge on any atom is -0.506 e. The normalized spacial score (nSPS) is 18.0. The summed E-state index contributed by atoms with van der Waals surface area (Å²) in [5.74, 6) is 0.200. The van der Waals surface area contributed by atoms with E-state index in [1.54, 1.807) is 30.3 Å². The summed E-state index contributed by atoms with van der Waals surface area (Å²) in [7, 11) is 1.00. The number of phenolic OH excluding ortho intramolecular Hbond substituents is 1. The minimum absolute atomic E-state index is 0.00475. The summed E-state index contributed by atoms with van der Waals surface area (Å²) in [6.45, 7) is 11.7. The van der Waals surface area contributed by atoms with Crippen LogP contribution in [0.3, 0.4) is 0 Å². The van der Waals surface area contributed by atoms with Crippen molar-refractivity contribution in [2.24, 2.45) is 0 Å². The molecule has 0 radical (unpaired) electrons. The summed E-state index contributed by atoms with van der Waals surface area (Å²) < 4.78 is 35.2. The fourth-order valence-corrected chi connectivity index (χ4v) is 7.06. The maximum atomic E-state index is 9.11. The summed E-state index contributed by atoms with van der Waals surface area (Å²) in [6, 6.07) is 9.58. The number of aromatic hydroxyl groups is 1. The van der Waals surface area contributed by atoms with Crippen LogP contribution in [0.1, 0.15) is 60.3 Å². The van der Waals surface area contributed by atoms with Gasteiger partial charge in [-0.25, -0.2) is 0 Å². The largest absolute Gasteiger partial charge is 0.506 e. The first-order chi connectivity index (χ1) is 26.7. The van der Waals surface area contributed by atoms with Crippen molar-refractivity contribution < 1.29 is 48.8 Å². The molecule has 0 saturated carbocycles. The first-order valence-corrected chi connectivity index (χ1v) is 22.1. The van der Waals surface area contributed by atoms with Crippen LogP contribution in [0.15, 0.2) is 49.8 Å². The monoisotopic (exact) mass is 1110 g/mol. The molecule has 10 nitrogen and oxygen atoms in total. The van der Waals surface area contributed by atoms with Crippen LogP contribution in [0.5, 0.6) is 17.2 Å². The fraction of sp³-hybridized carbons (Fsp3) is 0.526. The lowest BCUT2D eigenvalue weighted by Gasteiger charge is -2.17. The standard InChI is InChI=1S/C13H15BrCl2O3.C10H11BrCl2O3.C8H16O2.C6H3BrCl2O.CH4O/c1-13(2)18-7-8(19-13)3-4-17-12-6-10(15)9(14)5-11(12)16;11-7-3-9(13)10(4-8(7)12)16-2-1-6(15)5-14;1-4-5-7-6-9-8(2,3)10-7;7-3-1-5(9)6(10)2-4(3)8;1-2/h5-6,8H,3-4,7H2,1-2H3;3-4,6,14-15H,1-2,5H2;7H,4-6H2,1-3H3;1-2,10H;2H,1H3. The number of benzene rings is 3. The second-order valence-corrected chi connectivity index (χ2v) is 17.9. The Balaban J connectivity index is 0.000000388. The number of hydrogen-bond acceptors (Lipinski definition) is 10. The van der Waals surface area contributed by atoms with Gasteiger partial charge in [0.15, 0.2) is 11.6 Å². The van der Waals surface area contributed by atoms with E-state index in [1.165, 1.54) is 12.5 Å². The third-order valence-electron chi connectivity index (χ3n) is 7.30. The van der Waals surface area contributed by atoms with Crippen molar-refractivity contribution in [2.75, 3.05) is 40.1 Å². The predicted molar refractivity (Wildman–Crippen MR) is 240 cm³/mol. The third-order valence-corrected chi connectivity index (χ3v) is 11.8. The fourth-order valence-electron chi connectivity index (χ4n) is 4.57. The zero-order valence-corrected chi connectivity index (χ0v) is 41.5. The topological polar surface area (TPSA) is 136 Å². The van der Waals surface area contributed by atoms with Gasteiger partial charge in [-0.3, -0.25) is 0 Å². The Hall–Kier alpha value is -0.0400. The van der Waals surface area contributed by atoms with E-state index in [0.717, 1.165) is 31.0 Å². The van der Waals surface area contributed by atoms with Gasteiger partial charge in [0.2, 0.25) is 0 Å². The van der Waals surface area contributed by atoms with Crippen LogP contribution in [-0.2, 0) is 18.9 Å². The van der Waals surface area contributed by atoms with Crippen molar-refractivity contribution >= 4 is 117 Å². The van der Waals surface area contributed by atoms with E-state index in [4.69, 9.17) is 118 Å². The molecule has 0 amide bonds. The number of ether oxygens (including phenoxy) is 6. The van der Waals surface area contributed by atoms with Crippen molar-refractivity contribution in [1.82, 2.24) is 0 Å². The van der Waals surface area contributed by atoms with Crippen LogP contribution < -0.4 is 9.47 Å². The van der Waals surface area contributed by atoms with Gasteiger partial charge in [-0.05, 0) is 100 Å². The molecule has 5 rings (SSSR count). The van der Waals surface area contributed by atoms with E-state index < -0.39 is 11.9 Å². The molecule has 3 atom stereocenters. The summed E-state index contributed by atoms with van der Waals surface area (Å²) in [4.78, 5) is 0. The molecule has 3 unspecified atom stereocenters. The average Bonchev–Trinajstić information content (AvgIpc) is 3.68. The smallest absolute Gasteiger partial charge is 0.163 e. The Morgan fingerprint density at radius 1 is 0.667 bits per heavy atom. The summed E-state index contributed by atoms with van der Waals surface area (Å²) >= 11 is 44.7. The second kappa shape index (κ2) is 27.8. The van der Waals surface area contributed by atoms with Crippen LogP contribution in [0.25, 0.3) is 0 Å². The third kappa shape index (κ3) is 21.5. The SMILES string of the molecule is CC1(C)OCC(CCOc2cc(Cl)c(Br)cc2Cl)O1.CCCC1COC(C)(C)O1.CO.OCC(O)CCOc1cc(Cl)c(Br)cc1Cl.Oc1cc(Cl)c(Br)cc1Cl. The van der Waals surface area contributed by atoms with E-state index in [-0.39, 0.29) is 35.9 Å². The number of phenols is 1. The number of aliphatic hydroxyl groups excluding tert-OH is 3. The Kier molecular flexibility index (Phi) is 26.8. The Morgan fingerprint density at radius 2 is 1.07 bits per heavy atom. The number of hydrogen-bond donors (Lipinski definition) is 4. The van der Waals surface area contributed by atoms with Gasteiger partial charge in [0, 0.05) is 51.6 Å². The van der Waals surface area contributed by atoms with Crippen molar-refractivity contribution in [1.29, 1.82) is 0 Å². The number of halogens is 9. The number of rotatable bonds is 11. The molecule has 324 valence electrons. The van der Waals surface area contributed by atoms with Gasteiger partial charge in [-0.15, -0.1) is 0 Å². The average molecular weight is 1120 g/mol. The molecule has 2 aliphatic heterocycles. The summed E-state index contributed by atoms with van der Waals surface area (Å²) in [5, 5.41) is 36.5. The quantitative estimate of drug-likeness (QED) is 0.137. The Labute approximate surface area is 390 Å². The first-order valence-electron chi connectivity index (χ1n) is 17.4. The van der Waals surface area contributed by atoms with Crippen molar-refractivity contribution in [3.05, 3.63) is 80.0 Å². The molecule has 0 aromatic heterocycles. The van der Waals surface area contributed by atoms with Crippen molar-refractivity contribution in [3.8, 4) is 17.2 Å². The van der Waals surface area contributed by atoms with Crippen LogP contribution >= 0.6 is 117 Å². The molecule has 0 spiro atoms. The van der Waals surface area contributed by atoms with Gasteiger partial charge in [0.1, 0.15) is 17.2 Å². The van der Waals surface area contributed by atoms with Crippen LogP contribution in [0.4, 0.5) is 0 Å². The van der Waals surface area contributed by atoms with Gasteiger partial charge >= 0.3 is 0 Å². The molecule has 57 heavy (non-hydrogen) atoms. The highest BCUT2D eigenvalue weighted by Gasteiger charge is 2.33. The number of aliphatic hydroxyl groups is 3. The van der Waals surface area contributed by atoms with E-state index in [9.17, 15) is 0 Å². The molecule has 0 aliphatic carbocycles. The van der Waals surface area contributed by atoms with Gasteiger partial charge < -0.3 is 48.8 Å². The lowest BCUT2D eigenvalue weighted by Crippen LogP contribution is -2.22. The van der Waals surface area contributed by atoms with Crippen LogP contribution in [-0.4, -0.2) is 90.5 Å². The predicted octanol–water partition coefficient (Wildman–Crippen LogP) is 12.6. The molecule has 3 aromatic rings. The van der Waals surface area contributed by atoms with Gasteiger partial charge in [0.05, 0.1) is 81.5 Å². The molecular weight excluding hydrogens is 1070 g/mol. The van der Waals surface area contributed by atoms with Gasteiger partial charge in [-0.2, -0.15) is 0 Å². The van der Waals surface area contributed by atoms with Crippen molar-refractivity contribution in [3.63, 3.8) is 0 Å². The molecule has 3 aromatic carbocycles. The molecule has 0 bridgehead atoms. The zero-order valence-electron chi connectivity index (χ0n) is 32.2. The Morgan fingerprint density at radius 3 is 1.46 bits per heavy atom. The minimum atomic E-state index is -0.773. The lowest BCUT2D eigenvalue weighted by molar-refractivity contribution is -0.139. The first kappa shape index (κ1) is 55.0. The molecule has 2 fully saturated rings. The van der Waals surface area contributed by atoms with Crippen LogP contribution in [0.2, 0.25) is 30.1 Å².